The van der Waals surface area contributed by atoms with Gasteiger partial charge in [0, 0.05) is 18.6 Å². The van der Waals surface area contributed by atoms with Gasteiger partial charge in [0.15, 0.2) is 0 Å². The molecule has 0 unspecified atom stereocenters. The lowest BCUT2D eigenvalue weighted by Gasteiger charge is -2.50. The number of likely N-dealkylation sites (N-methyl/N-ethyl adjacent to an activating group) is 1. The van der Waals surface area contributed by atoms with Gasteiger partial charge in [0.1, 0.15) is 8.55 Å². The van der Waals surface area contributed by atoms with Crippen LogP contribution in [-0.2, 0) is 14.8 Å². The second kappa shape index (κ2) is 5.63. The van der Waals surface area contributed by atoms with E-state index in [1.807, 2.05) is 19.0 Å². The number of fused-ring (bicyclic) bond motifs is 1. The zero-order valence-corrected chi connectivity index (χ0v) is 14.7. The van der Waals surface area contributed by atoms with Crippen LogP contribution in [0.5, 0.6) is 0 Å². The molecule has 2 heterocycles. The van der Waals surface area contributed by atoms with E-state index in [0.29, 0.717) is 6.61 Å². The lowest BCUT2D eigenvalue weighted by Crippen LogP contribution is -2.69. The van der Waals surface area contributed by atoms with Crippen molar-refractivity contribution in [1.29, 1.82) is 0 Å². The van der Waals surface area contributed by atoms with Gasteiger partial charge in [-0.1, -0.05) is 23.2 Å². The molecule has 21 heavy (non-hydrogen) atoms. The van der Waals surface area contributed by atoms with Crippen molar-refractivity contribution < 1.29 is 13.2 Å². The topological polar surface area (TPSA) is 58.6 Å². The Balaban J connectivity index is 1.81. The largest absolute Gasteiger partial charge is 0.376 e. The summed E-state index contributed by atoms with van der Waals surface area (Å²) in [7, 11) is 0.257. The molecular weight excluding hydrogens is 355 g/mol. The molecule has 1 aliphatic carbocycles. The first kappa shape index (κ1) is 16.0. The van der Waals surface area contributed by atoms with Crippen molar-refractivity contribution in [2.24, 2.45) is 5.92 Å². The maximum atomic E-state index is 12.5. The van der Waals surface area contributed by atoms with Gasteiger partial charge in [0.2, 0.25) is 10.0 Å². The van der Waals surface area contributed by atoms with Crippen LogP contribution in [0.3, 0.4) is 0 Å². The Hall–Kier alpha value is 0.110. The molecule has 1 aliphatic heterocycles. The van der Waals surface area contributed by atoms with Gasteiger partial charge in [-0.15, -0.1) is 11.3 Å². The SMILES string of the molecule is CN(C)[C@@H]1[C@@H](NS(=O)(=O)c2cc(Cl)c(Cl)s2)[C@H]2CCO[C@H]21. The highest BCUT2D eigenvalue weighted by atomic mass is 35.5. The average molecular weight is 371 g/mol. The van der Waals surface area contributed by atoms with Gasteiger partial charge in [-0.2, -0.15) is 0 Å². The molecule has 5 nitrogen and oxygen atoms in total. The Morgan fingerprint density at radius 3 is 2.71 bits per heavy atom. The number of thiophene rings is 1. The molecule has 0 radical (unpaired) electrons. The van der Waals surface area contributed by atoms with Gasteiger partial charge in [0.25, 0.3) is 0 Å². The van der Waals surface area contributed by atoms with Crippen molar-refractivity contribution in [1.82, 2.24) is 9.62 Å². The van der Waals surface area contributed by atoms with E-state index in [4.69, 9.17) is 27.9 Å². The summed E-state index contributed by atoms with van der Waals surface area (Å²) in [5.41, 5.74) is 0. The van der Waals surface area contributed by atoms with Crippen LogP contribution in [0.2, 0.25) is 9.36 Å². The van der Waals surface area contributed by atoms with Crippen LogP contribution in [0, 0.1) is 5.92 Å². The minimum atomic E-state index is -3.61. The maximum absolute atomic E-state index is 12.5. The molecular formula is C12H16Cl2N2O3S2. The zero-order valence-electron chi connectivity index (χ0n) is 11.5. The van der Waals surface area contributed by atoms with E-state index in [0.717, 1.165) is 17.8 Å². The van der Waals surface area contributed by atoms with Crippen molar-refractivity contribution >= 4 is 44.6 Å². The van der Waals surface area contributed by atoms with E-state index in [1.165, 1.54) is 6.07 Å². The van der Waals surface area contributed by atoms with Crippen molar-refractivity contribution in [3.05, 3.63) is 15.4 Å². The Labute approximate surface area is 138 Å². The smallest absolute Gasteiger partial charge is 0.250 e. The van der Waals surface area contributed by atoms with Crippen LogP contribution in [0.1, 0.15) is 6.42 Å². The first-order valence-corrected chi connectivity index (χ1v) is 9.62. The predicted molar refractivity (Wildman–Crippen MR) is 83.8 cm³/mol. The summed E-state index contributed by atoms with van der Waals surface area (Å²) in [6.07, 6.45) is 0.997. The standard InChI is InChI=1S/C12H16Cl2N2O3S2/c1-16(2)10-9(6-3-4-19-11(6)10)15-21(17,18)8-5-7(13)12(14)20-8/h5-6,9-11,15H,3-4H2,1-2H3/t6-,9+,10-,11-/m1/s1. The quantitative estimate of drug-likeness (QED) is 0.880. The van der Waals surface area contributed by atoms with Gasteiger partial charge >= 0.3 is 0 Å². The molecule has 118 valence electrons. The average Bonchev–Trinajstić information content (AvgIpc) is 2.92. The van der Waals surface area contributed by atoms with Crippen molar-refractivity contribution in [2.75, 3.05) is 20.7 Å². The highest BCUT2D eigenvalue weighted by Gasteiger charge is 2.56. The minimum absolute atomic E-state index is 0.0539. The van der Waals surface area contributed by atoms with E-state index in [2.05, 4.69) is 4.72 Å². The number of hydrogen-bond acceptors (Lipinski definition) is 5. The molecule has 1 N–H and O–H groups in total. The fraction of sp³-hybridized carbons (Fsp3) is 0.667. The number of nitrogens with one attached hydrogen (secondary N) is 1. The molecule has 1 aromatic rings. The van der Waals surface area contributed by atoms with Crippen molar-refractivity contribution in [3.8, 4) is 0 Å². The second-order valence-electron chi connectivity index (χ2n) is 5.58. The number of hydrogen-bond donors (Lipinski definition) is 1. The predicted octanol–water partition coefficient (Wildman–Crippen LogP) is 2.05. The minimum Gasteiger partial charge on any atom is -0.376 e. The Kier molecular flexibility index (Phi) is 4.29. The molecule has 3 rings (SSSR count). The van der Waals surface area contributed by atoms with Gasteiger partial charge in [-0.05, 0) is 26.6 Å². The van der Waals surface area contributed by atoms with Crippen LogP contribution >= 0.6 is 34.5 Å². The maximum Gasteiger partial charge on any atom is 0.250 e. The Morgan fingerprint density at radius 2 is 2.14 bits per heavy atom. The summed E-state index contributed by atoms with van der Waals surface area (Å²) in [5.74, 6) is 0.234. The normalized spacial score (nSPS) is 32.2. The molecule has 0 bridgehead atoms. The van der Waals surface area contributed by atoms with Crippen LogP contribution in [0.25, 0.3) is 0 Å². The van der Waals surface area contributed by atoms with Gasteiger partial charge in [-0.3, -0.25) is 0 Å². The molecule has 0 spiro atoms. The van der Waals surface area contributed by atoms with Crippen LogP contribution < -0.4 is 4.72 Å². The fourth-order valence-corrected chi connectivity index (χ4v) is 6.34. The third-order valence-corrected chi connectivity index (χ3v) is 7.92. The number of nitrogens with zero attached hydrogens (tertiary/aromatic N) is 1. The monoisotopic (exact) mass is 370 g/mol. The van der Waals surface area contributed by atoms with E-state index >= 15 is 0 Å². The van der Waals surface area contributed by atoms with Gasteiger partial charge < -0.3 is 9.64 Å². The summed E-state index contributed by atoms with van der Waals surface area (Å²) in [4.78, 5) is 2.01. The summed E-state index contributed by atoms with van der Waals surface area (Å²) >= 11 is 12.7. The molecule has 0 amide bonds. The summed E-state index contributed by atoms with van der Waals surface area (Å²) < 4.78 is 33.9. The van der Waals surface area contributed by atoms with E-state index in [9.17, 15) is 8.42 Å². The molecule has 1 saturated heterocycles. The third kappa shape index (κ3) is 2.73. The highest BCUT2D eigenvalue weighted by molar-refractivity contribution is 7.91. The molecule has 2 fully saturated rings. The van der Waals surface area contributed by atoms with Gasteiger partial charge in [0.05, 0.1) is 17.2 Å². The number of ether oxygens (including phenoxy) is 1. The first-order chi connectivity index (χ1) is 9.81. The Morgan fingerprint density at radius 1 is 1.43 bits per heavy atom. The lowest BCUT2D eigenvalue weighted by molar-refractivity contribution is -0.0626. The molecule has 1 aromatic heterocycles. The first-order valence-electron chi connectivity index (χ1n) is 6.56. The van der Waals surface area contributed by atoms with Gasteiger partial charge in [-0.25, -0.2) is 13.1 Å². The number of halogens is 2. The lowest BCUT2D eigenvalue weighted by atomic mass is 9.71. The number of rotatable bonds is 4. The van der Waals surface area contributed by atoms with E-state index in [-0.39, 0.29) is 37.7 Å². The van der Waals surface area contributed by atoms with E-state index in [1.54, 1.807) is 0 Å². The highest BCUT2D eigenvalue weighted by Crippen LogP contribution is 2.42. The van der Waals surface area contributed by atoms with Crippen molar-refractivity contribution in [2.45, 2.75) is 28.8 Å². The van der Waals surface area contributed by atoms with Crippen molar-refractivity contribution in [3.63, 3.8) is 0 Å². The molecule has 0 aromatic carbocycles. The summed E-state index contributed by atoms with van der Waals surface area (Å²) in [6, 6.07) is 1.30. The second-order valence-corrected chi connectivity index (χ2v) is 9.58. The molecule has 2 aliphatic rings. The Bertz CT molecular complexity index is 627. The van der Waals surface area contributed by atoms with Crippen LogP contribution in [0.15, 0.2) is 10.3 Å². The third-order valence-electron chi connectivity index (χ3n) is 4.12. The fourth-order valence-electron chi connectivity index (χ4n) is 3.14. The summed E-state index contributed by atoms with van der Waals surface area (Å²) in [6.45, 7) is 0.689. The molecule has 4 atom stereocenters. The van der Waals surface area contributed by atoms with E-state index < -0.39 is 10.0 Å². The zero-order chi connectivity index (χ0) is 15.4. The molecule has 9 heteroatoms. The van der Waals surface area contributed by atoms with Crippen LogP contribution in [0.4, 0.5) is 0 Å². The molecule has 1 saturated carbocycles. The van der Waals surface area contributed by atoms with Crippen LogP contribution in [-0.4, -0.2) is 52.2 Å². The summed E-state index contributed by atoms with van der Waals surface area (Å²) in [5, 5.41) is 0.266. The number of sulfonamides is 1.